The molecule has 3 heteroatoms. The molecule has 0 fully saturated rings. The molecular weight excluding hydrogens is 312 g/mol. The molecule has 20 heavy (non-hydrogen) atoms. The summed E-state index contributed by atoms with van der Waals surface area (Å²) >= 11 is 3.54. The molecule has 2 nitrogen and oxygen atoms in total. The van der Waals surface area contributed by atoms with Crippen LogP contribution in [0.3, 0.4) is 0 Å². The van der Waals surface area contributed by atoms with Gasteiger partial charge in [0, 0.05) is 22.8 Å². The zero-order chi connectivity index (χ0) is 14.3. The topological polar surface area (TPSA) is 17.3 Å². The minimum absolute atomic E-state index is 0.914. The maximum Gasteiger partial charge on any atom is 0.137 e. The zero-order valence-corrected chi connectivity index (χ0v) is 13.5. The van der Waals surface area contributed by atoms with Gasteiger partial charge in [-0.15, -0.1) is 0 Å². The fourth-order valence-electron chi connectivity index (χ4n) is 2.57. The Balaban J connectivity index is 2.12. The molecule has 0 radical (unpaired) electrons. The van der Waals surface area contributed by atoms with Crippen LogP contribution in [0.5, 0.6) is 0 Å². The van der Waals surface area contributed by atoms with Crippen molar-refractivity contribution in [3.8, 4) is 0 Å². The highest BCUT2D eigenvalue weighted by Gasteiger charge is 2.11. The van der Waals surface area contributed by atoms with Crippen molar-refractivity contribution in [2.45, 2.75) is 27.2 Å². The molecular formula is C17H17BrN2. The lowest BCUT2D eigenvalue weighted by molar-refractivity contribution is 0.993. The highest BCUT2D eigenvalue weighted by Crippen LogP contribution is 2.21. The largest absolute Gasteiger partial charge is 0.302 e. The number of aryl methyl sites for hydroxylation is 3. The molecule has 0 atom stereocenters. The van der Waals surface area contributed by atoms with Gasteiger partial charge in [-0.05, 0) is 60.0 Å². The van der Waals surface area contributed by atoms with Crippen molar-refractivity contribution in [2.24, 2.45) is 0 Å². The second kappa shape index (κ2) is 5.06. The van der Waals surface area contributed by atoms with Gasteiger partial charge in [-0.3, -0.25) is 0 Å². The lowest BCUT2D eigenvalue weighted by atomic mass is 10.0. The van der Waals surface area contributed by atoms with Crippen LogP contribution in [0.15, 0.2) is 41.0 Å². The molecule has 3 rings (SSSR count). The Kier molecular flexibility index (Phi) is 3.38. The third-order valence-electron chi connectivity index (χ3n) is 3.74. The van der Waals surface area contributed by atoms with E-state index < -0.39 is 0 Å². The molecule has 0 bridgehead atoms. The van der Waals surface area contributed by atoms with Crippen LogP contribution >= 0.6 is 15.9 Å². The van der Waals surface area contributed by atoms with Crippen LogP contribution in [0.4, 0.5) is 0 Å². The predicted octanol–water partition coefficient (Wildman–Crippen LogP) is 4.61. The number of hydrogen-bond donors (Lipinski definition) is 0. The molecule has 0 saturated heterocycles. The minimum atomic E-state index is 0.914. The molecule has 0 unspecified atom stereocenters. The predicted molar refractivity (Wildman–Crippen MR) is 86.4 cm³/mol. The number of benzene rings is 1. The zero-order valence-electron chi connectivity index (χ0n) is 11.9. The molecule has 0 amide bonds. The number of nitrogens with zero attached hydrogens (tertiary/aromatic N) is 2. The quantitative estimate of drug-likeness (QED) is 0.671. The molecule has 1 aromatic carbocycles. The number of rotatable bonds is 2. The van der Waals surface area contributed by atoms with E-state index in [-0.39, 0.29) is 0 Å². The summed E-state index contributed by atoms with van der Waals surface area (Å²) < 4.78 is 3.26. The summed E-state index contributed by atoms with van der Waals surface area (Å²) in [6.07, 6.45) is 3.01. The summed E-state index contributed by atoms with van der Waals surface area (Å²) in [6, 6.07) is 10.7. The van der Waals surface area contributed by atoms with Gasteiger partial charge in [0.25, 0.3) is 0 Å². The lowest BCUT2D eigenvalue weighted by Crippen LogP contribution is -1.99. The third kappa shape index (κ3) is 2.38. The number of hydrogen-bond acceptors (Lipinski definition) is 1. The van der Waals surface area contributed by atoms with Gasteiger partial charge in [0.05, 0.1) is 5.69 Å². The first-order valence-corrected chi connectivity index (χ1v) is 7.53. The van der Waals surface area contributed by atoms with E-state index >= 15 is 0 Å². The standard InChI is InChI=1S/C17H17BrN2/c1-11-4-5-12(2)14(8-11)9-16-13(3)19-17-7-6-15(18)10-20(16)17/h4-8,10H,9H2,1-3H3. The normalized spacial score (nSPS) is 11.2. The highest BCUT2D eigenvalue weighted by atomic mass is 79.9. The maximum atomic E-state index is 4.64. The van der Waals surface area contributed by atoms with Gasteiger partial charge in [0.1, 0.15) is 5.65 Å². The summed E-state index contributed by atoms with van der Waals surface area (Å²) in [7, 11) is 0. The van der Waals surface area contributed by atoms with Crippen LogP contribution in [0.1, 0.15) is 28.1 Å². The fraction of sp³-hybridized carbons (Fsp3) is 0.235. The Labute approximate surface area is 127 Å². The van der Waals surface area contributed by atoms with Crippen LogP contribution < -0.4 is 0 Å². The first-order chi connectivity index (χ1) is 9.54. The second-order valence-electron chi connectivity index (χ2n) is 5.33. The van der Waals surface area contributed by atoms with Crippen molar-refractivity contribution in [1.29, 1.82) is 0 Å². The van der Waals surface area contributed by atoms with Gasteiger partial charge < -0.3 is 4.40 Å². The van der Waals surface area contributed by atoms with E-state index in [1.807, 2.05) is 12.1 Å². The second-order valence-corrected chi connectivity index (χ2v) is 6.24. The summed E-state index contributed by atoms with van der Waals surface area (Å²) in [5.41, 5.74) is 7.37. The summed E-state index contributed by atoms with van der Waals surface area (Å²) in [5, 5.41) is 0. The van der Waals surface area contributed by atoms with E-state index in [0.717, 1.165) is 22.2 Å². The Morgan fingerprint density at radius 1 is 1.10 bits per heavy atom. The molecule has 2 heterocycles. The van der Waals surface area contributed by atoms with Crippen molar-refractivity contribution in [2.75, 3.05) is 0 Å². The first-order valence-electron chi connectivity index (χ1n) is 6.74. The van der Waals surface area contributed by atoms with Crippen LogP contribution in [0.25, 0.3) is 5.65 Å². The number of halogens is 1. The molecule has 102 valence electrons. The molecule has 0 N–H and O–H groups in total. The van der Waals surface area contributed by atoms with Crippen molar-refractivity contribution in [1.82, 2.24) is 9.38 Å². The number of fused-ring (bicyclic) bond motifs is 1. The SMILES string of the molecule is Cc1ccc(C)c(Cc2c(C)nc3ccc(Br)cn23)c1. The Morgan fingerprint density at radius 2 is 1.90 bits per heavy atom. The van der Waals surface area contributed by atoms with E-state index in [4.69, 9.17) is 0 Å². The molecule has 2 aromatic heterocycles. The summed E-state index contributed by atoms with van der Waals surface area (Å²) in [5.74, 6) is 0. The number of aromatic nitrogens is 2. The third-order valence-corrected chi connectivity index (χ3v) is 4.21. The monoisotopic (exact) mass is 328 g/mol. The molecule has 0 saturated carbocycles. The van der Waals surface area contributed by atoms with E-state index in [0.29, 0.717) is 0 Å². The van der Waals surface area contributed by atoms with Crippen LogP contribution in [0.2, 0.25) is 0 Å². The van der Waals surface area contributed by atoms with E-state index in [2.05, 4.69) is 70.5 Å². The van der Waals surface area contributed by atoms with Crippen LogP contribution in [-0.4, -0.2) is 9.38 Å². The average Bonchev–Trinajstić information content (AvgIpc) is 2.70. The molecule has 0 spiro atoms. The van der Waals surface area contributed by atoms with Gasteiger partial charge >= 0.3 is 0 Å². The first kappa shape index (κ1) is 13.4. The Morgan fingerprint density at radius 3 is 2.70 bits per heavy atom. The summed E-state index contributed by atoms with van der Waals surface area (Å²) in [6.45, 7) is 6.39. The number of imidazole rings is 1. The molecule has 3 aromatic rings. The van der Waals surface area contributed by atoms with Crippen molar-refractivity contribution in [3.63, 3.8) is 0 Å². The van der Waals surface area contributed by atoms with Crippen LogP contribution in [-0.2, 0) is 6.42 Å². The Hall–Kier alpha value is -1.61. The van der Waals surface area contributed by atoms with E-state index in [9.17, 15) is 0 Å². The minimum Gasteiger partial charge on any atom is -0.302 e. The van der Waals surface area contributed by atoms with Crippen molar-refractivity contribution in [3.05, 3.63) is 69.1 Å². The number of pyridine rings is 1. The Bertz CT molecular complexity index is 787. The summed E-state index contributed by atoms with van der Waals surface area (Å²) in [4.78, 5) is 4.64. The van der Waals surface area contributed by atoms with Crippen LogP contribution in [0, 0.1) is 20.8 Å². The van der Waals surface area contributed by atoms with Crippen molar-refractivity contribution >= 4 is 21.6 Å². The maximum absolute atomic E-state index is 4.64. The van der Waals surface area contributed by atoms with E-state index in [1.54, 1.807) is 0 Å². The fourth-order valence-corrected chi connectivity index (χ4v) is 2.91. The molecule has 0 aliphatic carbocycles. The molecule has 0 aliphatic rings. The van der Waals surface area contributed by atoms with Crippen molar-refractivity contribution < 1.29 is 0 Å². The van der Waals surface area contributed by atoms with Gasteiger partial charge in [-0.1, -0.05) is 23.8 Å². The smallest absolute Gasteiger partial charge is 0.137 e. The average molecular weight is 329 g/mol. The van der Waals surface area contributed by atoms with Gasteiger partial charge in [0.15, 0.2) is 0 Å². The van der Waals surface area contributed by atoms with Gasteiger partial charge in [0.2, 0.25) is 0 Å². The lowest BCUT2D eigenvalue weighted by Gasteiger charge is -2.08. The molecule has 0 aliphatic heterocycles. The van der Waals surface area contributed by atoms with Gasteiger partial charge in [-0.2, -0.15) is 0 Å². The van der Waals surface area contributed by atoms with Gasteiger partial charge in [-0.25, -0.2) is 4.98 Å². The van der Waals surface area contributed by atoms with E-state index in [1.165, 1.54) is 22.4 Å². The highest BCUT2D eigenvalue weighted by molar-refractivity contribution is 9.10.